The first-order valence-corrected chi connectivity index (χ1v) is 8.97. The first-order chi connectivity index (χ1) is 12.2. The van der Waals surface area contributed by atoms with Crippen LogP contribution in [0, 0.1) is 0 Å². The Morgan fingerprint density at radius 3 is 2.76 bits per heavy atom. The van der Waals surface area contributed by atoms with Crippen LogP contribution in [0.4, 0.5) is 5.13 Å². The highest BCUT2D eigenvalue weighted by atomic mass is 32.1. The molecule has 3 rings (SSSR count). The first-order valence-electron chi connectivity index (χ1n) is 8.15. The fourth-order valence-electron chi connectivity index (χ4n) is 2.58. The van der Waals surface area contributed by atoms with Crippen molar-refractivity contribution in [2.24, 2.45) is 0 Å². The third-order valence-electron chi connectivity index (χ3n) is 3.74. The number of methoxy groups -OCH3 is 1. The molecule has 25 heavy (non-hydrogen) atoms. The number of fused-ring (bicyclic) bond motifs is 1. The van der Waals surface area contributed by atoms with Gasteiger partial charge in [-0.2, -0.15) is 0 Å². The van der Waals surface area contributed by atoms with Crippen LogP contribution in [0.25, 0.3) is 10.2 Å². The molecular weight excluding hydrogens is 336 g/mol. The van der Waals surface area contributed by atoms with Gasteiger partial charge in [-0.3, -0.25) is 4.79 Å². The molecule has 0 saturated carbocycles. The van der Waals surface area contributed by atoms with Gasteiger partial charge in [0.1, 0.15) is 17.0 Å². The van der Waals surface area contributed by atoms with E-state index in [2.05, 4.69) is 10.3 Å². The van der Waals surface area contributed by atoms with Gasteiger partial charge in [-0.1, -0.05) is 35.6 Å². The molecule has 0 radical (unpaired) electrons. The van der Waals surface area contributed by atoms with Crippen molar-refractivity contribution in [3.63, 3.8) is 0 Å². The lowest BCUT2D eigenvalue weighted by Crippen LogP contribution is -2.12. The SMILES string of the molecule is CCOc1ccccc1CCC(=O)Nc1nc2c(OC)cccc2s1. The van der Waals surface area contributed by atoms with Gasteiger partial charge in [0.05, 0.1) is 18.4 Å². The lowest BCUT2D eigenvalue weighted by molar-refractivity contribution is -0.116. The summed E-state index contributed by atoms with van der Waals surface area (Å²) < 4.78 is 11.9. The highest BCUT2D eigenvalue weighted by Gasteiger charge is 2.12. The van der Waals surface area contributed by atoms with E-state index < -0.39 is 0 Å². The van der Waals surface area contributed by atoms with Gasteiger partial charge >= 0.3 is 0 Å². The second-order valence-corrected chi connectivity index (χ2v) is 6.45. The summed E-state index contributed by atoms with van der Waals surface area (Å²) in [6, 6.07) is 13.5. The Balaban J connectivity index is 1.65. The van der Waals surface area contributed by atoms with Crippen molar-refractivity contribution in [2.75, 3.05) is 19.0 Å². The van der Waals surface area contributed by atoms with E-state index >= 15 is 0 Å². The molecule has 3 aromatic rings. The molecule has 1 aromatic heterocycles. The molecule has 0 atom stereocenters. The van der Waals surface area contributed by atoms with Crippen LogP contribution in [0.2, 0.25) is 0 Å². The van der Waals surface area contributed by atoms with Gasteiger partial charge in [-0.05, 0) is 37.1 Å². The maximum atomic E-state index is 12.3. The van der Waals surface area contributed by atoms with Crippen molar-refractivity contribution >= 4 is 32.6 Å². The maximum absolute atomic E-state index is 12.3. The molecule has 5 nitrogen and oxygen atoms in total. The van der Waals surface area contributed by atoms with Gasteiger partial charge < -0.3 is 14.8 Å². The van der Waals surface area contributed by atoms with E-state index in [1.165, 1.54) is 11.3 Å². The zero-order chi connectivity index (χ0) is 17.6. The number of ether oxygens (including phenoxy) is 2. The summed E-state index contributed by atoms with van der Waals surface area (Å²) in [7, 11) is 1.61. The average Bonchev–Trinajstić information content (AvgIpc) is 3.03. The number of nitrogens with one attached hydrogen (secondary N) is 1. The van der Waals surface area contributed by atoms with E-state index in [4.69, 9.17) is 9.47 Å². The van der Waals surface area contributed by atoms with E-state index in [9.17, 15) is 4.79 Å². The molecule has 1 amide bonds. The topological polar surface area (TPSA) is 60.5 Å². The highest BCUT2D eigenvalue weighted by molar-refractivity contribution is 7.22. The molecule has 0 bridgehead atoms. The molecule has 0 saturated heterocycles. The summed E-state index contributed by atoms with van der Waals surface area (Å²) in [5.41, 5.74) is 1.80. The molecule has 1 heterocycles. The van der Waals surface area contributed by atoms with Gasteiger partial charge in [0.2, 0.25) is 5.91 Å². The number of nitrogens with zero attached hydrogens (tertiary/aromatic N) is 1. The molecule has 2 aromatic carbocycles. The first kappa shape index (κ1) is 17.2. The van der Waals surface area contributed by atoms with Crippen molar-refractivity contribution in [1.29, 1.82) is 0 Å². The summed E-state index contributed by atoms with van der Waals surface area (Å²) in [5, 5.41) is 3.46. The quantitative estimate of drug-likeness (QED) is 0.686. The number of hydrogen-bond donors (Lipinski definition) is 1. The Morgan fingerprint density at radius 2 is 1.96 bits per heavy atom. The predicted molar refractivity (Wildman–Crippen MR) is 101 cm³/mol. The van der Waals surface area contributed by atoms with Crippen LogP contribution in [-0.2, 0) is 11.2 Å². The fraction of sp³-hybridized carbons (Fsp3) is 0.263. The molecular formula is C19H20N2O3S. The van der Waals surface area contributed by atoms with Crippen molar-refractivity contribution in [3.05, 3.63) is 48.0 Å². The minimum Gasteiger partial charge on any atom is -0.494 e. The Hall–Kier alpha value is -2.60. The molecule has 6 heteroatoms. The number of carbonyl (C=O) groups is 1. The van der Waals surface area contributed by atoms with Crippen LogP contribution in [0.3, 0.4) is 0 Å². The number of aryl methyl sites for hydroxylation is 1. The van der Waals surface area contributed by atoms with Crippen molar-refractivity contribution in [1.82, 2.24) is 4.98 Å². The number of benzene rings is 2. The van der Waals surface area contributed by atoms with Crippen molar-refractivity contribution in [3.8, 4) is 11.5 Å². The number of para-hydroxylation sites is 2. The van der Waals surface area contributed by atoms with E-state index in [1.54, 1.807) is 7.11 Å². The molecule has 0 spiro atoms. The summed E-state index contributed by atoms with van der Waals surface area (Å²) in [6.07, 6.45) is 0.993. The molecule has 0 aliphatic carbocycles. The predicted octanol–water partition coefficient (Wildman–Crippen LogP) is 4.27. The standard InChI is InChI=1S/C19H20N2O3S/c1-3-24-14-8-5-4-7-13(14)11-12-17(22)20-19-21-18-15(23-2)9-6-10-16(18)25-19/h4-10H,3,11-12H2,1-2H3,(H,20,21,22). The minimum atomic E-state index is -0.0654. The van der Waals surface area contributed by atoms with Gasteiger partial charge in [-0.15, -0.1) is 0 Å². The number of rotatable bonds is 7. The van der Waals surface area contributed by atoms with Gasteiger partial charge in [0.25, 0.3) is 0 Å². The molecule has 0 aliphatic rings. The monoisotopic (exact) mass is 356 g/mol. The van der Waals surface area contributed by atoms with Crippen LogP contribution in [0.1, 0.15) is 18.9 Å². The smallest absolute Gasteiger partial charge is 0.226 e. The number of aromatic nitrogens is 1. The lowest BCUT2D eigenvalue weighted by atomic mass is 10.1. The number of amides is 1. The summed E-state index contributed by atoms with van der Waals surface area (Å²) in [4.78, 5) is 16.7. The van der Waals surface area contributed by atoms with Gasteiger partial charge in [-0.25, -0.2) is 4.98 Å². The molecule has 0 aliphatic heterocycles. The largest absolute Gasteiger partial charge is 0.494 e. The van der Waals surface area contributed by atoms with Crippen LogP contribution in [0.5, 0.6) is 11.5 Å². The lowest BCUT2D eigenvalue weighted by Gasteiger charge is -2.09. The van der Waals surface area contributed by atoms with Gasteiger partial charge in [0.15, 0.2) is 5.13 Å². The van der Waals surface area contributed by atoms with E-state index in [1.807, 2.05) is 49.4 Å². The Morgan fingerprint density at radius 1 is 1.16 bits per heavy atom. The van der Waals surface area contributed by atoms with E-state index in [-0.39, 0.29) is 5.91 Å². The normalized spacial score (nSPS) is 10.6. The van der Waals surface area contributed by atoms with E-state index in [0.29, 0.717) is 30.3 Å². The summed E-state index contributed by atoms with van der Waals surface area (Å²) >= 11 is 1.44. The van der Waals surface area contributed by atoms with Crippen molar-refractivity contribution < 1.29 is 14.3 Å². The highest BCUT2D eigenvalue weighted by Crippen LogP contribution is 2.32. The number of hydrogen-bond acceptors (Lipinski definition) is 5. The number of carbonyl (C=O) groups excluding carboxylic acids is 1. The van der Waals surface area contributed by atoms with Crippen LogP contribution in [-0.4, -0.2) is 24.6 Å². The number of anilines is 1. The zero-order valence-electron chi connectivity index (χ0n) is 14.2. The number of thiazole rings is 1. The maximum Gasteiger partial charge on any atom is 0.226 e. The Kier molecular flexibility index (Phi) is 5.50. The van der Waals surface area contributed by atoms with Crippen LogP contribution >= 0.6 is 11.3 Å². The second-order valence-electron chi connectivity index (χ2n) is 5.41. The third-order valence-corrected chi connectivity index (χ3v) is 4.68. The minimum absolute atomic E-state index is 0.0654. The van der Waals surface area contributed by atoms with Crippen LogP contribution in [0.15, 0.2) is 42.5 Å². The fourth-order valence-corrected chi connectivity index (χ4v) is 3.48. The van der Waals surface area contributed by atoms with Crippen molar-refractivity contribution in [2.45, 2.75) is 19.8 Å². The molecule has 130 valence electrons. The molecule has 1 N–H and O–H groups in total. The second kappa shape index (κ2) is 7.98. The van der Waals surface area contributed by atoms with Crippen LogP contribution < -0.4 is 14.8 Å². The van der Waals surface area contributed by atoms with E-state index in [0.717, 1.165) is 21.5 Å². The third kappa shape index (κ3) is 4.09. The summed E-state index contributed by atoms with van der Waals surface area (Å²) in [6.45, 7) is 2.56. The molecule has 0 unspecified atom stereocenters. The Labute approximate surface area is 150 Å². The average molecular weight is 356 g/mol. The zero-order valence-corrected chi connectivity index (χ0v) is 15.1. The van der Waals surface area contributed by atoms with Gasteiger partial charge in [0, 0.05) is 6.42 Å². The Bertz CT molecular complexity index is 876. The molecule has 0 fully saturated rings. The summed E-state index contributed by atoms with van der Waals surface area (Å²) in [5.74, 6) is 1.48.